The molecule has 1 aromatic rings. The fraction of sp³-hybridized carbons (Fsp3) is 0.500. The van der Waals surface area contributed by atoms with Crippen molar-refractivity contribution >= 4 is 6.08 Å². The summed E-state index contributed by atoms with van der Waals surface area (Å²) in [7, 11) is 0. The van der Waals surface area contributed by atoms with Crippen LogP contribution in [0, 0.1) is 23.2 Å². The molecule has 0 aromatic heterocycles. The molecule has 0 aliphatic heterocycles. The molecule has 3 heteroatoms. The van der Waals surface area contributed by atoms with E-state index in [1.54, 1.807) is 0 Å². The van der Waals surface area contributed by atoms with Gasteiger partial charge in [0.1, 0.15) is 11.8 Å². The summed E-state index contributed by atoms with van der Waals surface area (Å²) in [5.41, 5.74) is 2.55. The molecular weight excluding hydrogens is 260 g/mol. The van der Waals surface area contributed by atoms with Crippen LogP contribution >= 0.6 is 0 Å². The molecule has 114 valence electrons. The average molecular weight is 286 g/mol. The molecule has 0 fully saturated rings. The van der Waals surface area contributed by atoms with Gasteiger partial charge in [-0.05, 0) is 36.1 Å². The maximum atomic E-state index is 8.49. The van der Waals surface area contributed by atoms with Gasteiger partial charge in [-0.25, -0.2) is 0 Å². The lowest BCUT2D eigenvalue weighted by molar-refractivity contribution is 0.368. The van der Waals surface area contributed by atoms with Gasteiger partial charge in [-0.2, -0.15) is 5.26 Å². The molecule has 0 radical (unpaired) electrons. The summed E-state index contributed by atoms with van der Waals surface area (Å²) in [4.78, 5) is 0. The van der Waals surface area contributed by atoms with Gasteiger partial charge in [0.25, 0.3) is 0 Å². The third-order valence-electron chi connectivity index (χ3n) is 3.16. The second-order valence-electron chi connectivity index (χ2n) is 5.91. The Kier molecular flexibility index (Phi) is 7.56. The summed E-state index contributed by atoms with van der Waals surface area (Å²) in [6.45, 7) is 10.9. The number of benzene rings is 1. The van der Waals surface area contributed by atoms with Crippen LogP contribution in [-0.2, 0) is 0 Å². The Labute approximate surface area is 128 Å². The summed E-state index contributed by atoms with van der Waals surface area (Å²) < 4.78 is 5.26. The molecule has 1 N–H and O–H groups in total. The van der Waals surface area contributed by atoms with Crippen molar-refractivity contribution in [3.63, 3.8) is 0 Å². The molecule has 0 atom stereocenters. The molecule has 1 rings (SSSR count). The van der Waals surface area contributed by atoms with Crippen LogP contribution < -0.4 is 10.1 Å². The van der Waals surface area contributed by atoms with Gasteiger partial charge in [-0.3, -0.25) is 0 Å². The van der Waals surface area contributed by atoms with Gasteiger partial charge >= 0.3 is 0 Å². The van der Waals surface area contributed by atoms with E-state index in [9.17, 15) is 0 Å². The van der Waals surface area contributed by atoms with Crippen molar-refractivity contribution in [2.45, 2.75) is 27.7 Å². The first-order valence-corrected chi connectivity index (χ1v) is 7.54. The summed E-state index contributed by atoms with van der Waals surface area (Å²) in [6, 6.07) is 9.83. The van der Waals surface area contributed by atoms with Crippen LogP contribution in [0.3, 0.4) is 0 Å². The summed E-state index contributed by atoms with van der Waals surface area (Å²) in [6.07, 6.45) is 2.23. The van der Waals surface area contributed by atoms with E-state index in [1.807, 2.05) is 30.3 Å². The molecule has 0 aliphatic rings. The summed E-state index contributed by atoms with van der Waals surface area (Å²) in [5.74, 6) is 1.91. The predicted octanol–water partition coefficient (Wildman–Crippen LogP) is 3.87. The Morgan fingerprint density at radius 3 is 2.43 bits per heavy atom. The largest absolute Gasteiger partial charge is 0.479 e. The van der Waals surface area contributed by atoms with Crippen molar-refractivity contribution < 1.29 is 4.74 Å². The lowest BCUT2D eigenvalue weighted by atomic mass is 10.00. The molecule has 1 aromatic carbocycles. The topological polar surface area (TPSA) is 45.0 Å². The zero-order chi connectivity index (χ0) is 15.7. The second-order valence-corrected chi connectivity index (χ2v) is 5.91. The molecule has 0 bridgehead atoms. The molecule has 0 heterocycles. The lowest BCUT2D eigenvalue weighted by Gasteiger charge is -2.14. The first-order valence-electron chi connectivity index (χ1n) is 7.54. The molecular formula is C18H26N2O. The third kappa shape index (κ3) is 6.97. The number of hydrogen-bond donors (Lipinski definition) is 1. The van der Waals surface area contributed by atoms with Crippen molar-refractivity contribution in [2.24, 2.45) is 11.8 Å². The van der Waals surface area contributed by atoms with E-state index in [2.05, 4.69) is 39.1 Å². The Morgan fingerprint density at radius 2 is 1.90 bits per heavy atom. The fourth-order valence-corrected chi connectivity index (χ4v) is 1.92. The van der Waals surface area contributed by atoms with E-state index in [1.165, 1.54) is 5.57 Å². The molecule has 21 heavy (non-hydrogen) atoms. The minimum absolute atomic E-state index is 0.0888. The van der Waals surface area contributed by atoms with Crippen molar-refractivity contribution in [3.8, 4) is 11.8 Å². The molecule has 0 unspecified atom stereocenters. The minimum Gasteiger partial charge on any atom is -0.479 e. The molecule has 0 saturated carbocycles. The van der Waals surface area contributed by atoms with Crippen LogP contribution in [0.15, 0.2) is 29.8 Å². The van der Waals surface area contributed by atoms with Crippen LogP contribution in [0.4, 0.5) is 0 Å². The molecule has 0 amide bonds. The normalized spacial score (nSPS) is 11.8. The van der Waals surface area contributed by atoms with Gasteiger partial charge in [0, 0.05) is 6.54 Å². The minimum atomic E-state index is 0.0888. The quantitative estimate of drug-likeness (QED) is 0.789. The Balaban J connectivity index is 2.69. The van der Waals surface area contributed by atoms with Crippen LogP contribution in [0.5, 0.6) is 5.75 Å². The van der Waals surface area contributed by atoms with E-state index in [0.717, 1.165) is 24.4 Å². The summed E-state index contributed by atoms with van der Waals surface area (Å²) in [5, 5.41) is 12.0. The number of nitrogens with zero attached hydrogens (tertiary/aromatic N) is 1. The highest BCUT2D eigenvalue weighted by atomic mass is 16.5. The molecule has 0 spiro atoms. The molecule has 0 aliphatic carbocycles. The predicted molar refractivity (Wildman–Crippen MR) is 88.1 cm³/mol. The zero-order valence-electron chi connectivity index (χ0n) is 13.5. The highest BCUT2D eigenvalue weighted by Crippen LogP contribution is 2.17. The van der Waals surface area contributed by atoms with E-state index >= 15 is 0 Å². The van der Waals surface area contributed by atoms with Crippen LogP contribution in [0.2, 0.25) is 0 Å². The SMILES string of the molecule is CC(C)CNCC(=Cc1ccc(OCC#N)cc1)C(C)C. The Hall–Kier alpha value is -1.79. The Bertz CT molecular complexity index is 481. The van der Waals surface area contributed by atoms with Gasteiger partial charge < -0.3 is 10.1 Å². The monoisotopic (exact) mass is 286 g/mol. The number of rotatable bonds is 8. The third-order valence-corrected chi connectivity index (χ3v) is 3.16. The zero-order valence-corrected chi connectivity index (χ0v) is 13.5. The standard InChI is InChI=1S/C18H26N2O/c1-14(2)12-20-13-17(15(3)4)11-16-5-7-18(8-6-16)21-10-9-19/h5-8,11,14-15,20H,10,12-13H2,1-4H3. The number of nitriles is 1. The highest BCUT2D eigenvalue weighted by molar-refractivity contribution is 5.54. The lowest BCUT2D eigenvalue weighted by Crippen LogP contribution is -2.23. The van der Waals surface area contributed by atoms with Crippen molar-refractivity contribution in [1.82, 2.24) is 5.32 Å². The maximum Gasteiger partial charge on any atom is 0.174 e. The maximum absolute atomic E-state index is 8.49. The van der Waals surface area contributed by atoms with Crippen LogP contribution in [-0.4, -0.2) is 19.7 Å². The number of nitrogens with one attached hydrogen (secondary N) is 1. The average Bonchev–Trinajstić information content (AvgIpc) is 2.45. The first-order chi connectivity index (χ1) is 10.0. The van der Waals surface area contributed by atoms with E-state index in [4.69, 9.17) is 10.00 Å². The first kappa shape index (κ1) is 17.3. The highest BCUT2D eigenvalue weighted by Gasteiger charge is 2.04. The van der Waals surface area contributed by atoms with Gasteiger partial charge in [0.2, 0.25) is 0 Å². The Morgan fingerprint density at radius 1 is 1.24 bits per heavy atom. The van der Waals surface area contributed by atoms with Crippen molar-refractivity contribution in [1.29, 1.82) is 5.26 Å². The smallest absolute Gasteiger partial charge is 0.174 e. The number of ether oxygens (including phenoxy) is 1. The summed E-state index contributed by atoms with van der Waals surface area (Å²) >= 11 is 0. The van der Waals surface area contributed by atoms with E-state index in [0.29, 0.717) is 11.8 Å². The van der Waals surface area contributed by atoms with Gasteiger partial charge in [-0.1, -0.05) is 51.5 Å². The van der Waals surface area contributed by atoms with Crippen molar-refractivity contribution in [3.05, 3.63) is 35.4 Å². The van der Waals surface area contributed by atoms with E-state index in [-0.39, 0.29) is 6.61 Å². The fourth-order valence-electron chi connectivity index (χ4n) is 1.92. The molecule has 0 saturated heterocycles. The van der Waals surface area contributed by atoms with Crippen molar-refractivity contribution in [2.75, 3.05) is 19.7 Å². The van der Waals surface area contributed by atoms with Gasteiger partial charge in [0.05, 0.1) is 0 Å². The van der Waals surface area contributed by atoms with Gasteiger partial charge in [-0.15, -0.1) is 0 Å². The van der Waals surface area contributed by atoms with Crippen LogP contribution in [0.25, 0.3) is 6.08 Å². The van der Waals surface area contributed by atoms with Crippen LogP contribution in [0.1, 0.15) is 33.3 Å². The molecule has 3 nitrogen and oxygen atoms in total. The van der Waals surface area contributed by atoms with Gasteiger partial charge in [0.15, 0.2) is 6.61 Å². The number of hydrogen-bond acceptors (Lipinski definition) is 3. The second kappa shape index (κ2) is 9.20. The van der Waals surface area contributed by atoms with E-state index < -0.39 is 0 Å².